The third kappa shape index (κ3) is 1.02. The van der Waals surface area contributed by atoms with Gasteiger partial charge in [-0.1, -0.05) is 11.3 Å². The SMILES string of the molecule is ClC1=C[C+]=Cc2sc3ccncc3c21. The Morgan fingerprint density at radius 1 is 1.43 bits per heavy atom. The van der Waals surface area contributed by atoms with E-state index in [2.05, 4.69) is 11.1 Å². The first-order valence-corrected chi connectivity index (χ1v) is 5.37. The van der Waals surface area contributed by atoms with Gasteiger partial charge in [0.15, 0.2) is 5.03 Å². The molecule has 2 aromatic rings. The van der Waals surface area contributed by atoms with E-state index in [1.165, 1.54) is 9.58 Å². The van der Waals surface area contributed by atoms with Crippen LogP contribution in [0.3, 0.4) is 0 Å². The lowest BCUT2D eigenvalue weighted by molar-refractivity contribution is 1.37. The van der Waals surface area contributed by atoms with Crippen molar-refractivity contribution >= 4 is 44.1 Å². The van der Waals surface area contributed by atoms with Crippen LogP contribution in [0.1, 0.15) is 10.4 Å². The molecule has 0 bridgehead atoms. The van der Waals surface area contributed by atoms with E-state index in [-0.39, 0.29) is 0 Å². The summed E-state index contributed by atoms with van der Waals surface area (Å²) in [5, 5.41) is 1.88. The Labute approximate surface area is 90.4 Å². The lowest BCUT2D eigenvalue weighted by atomic mass is 10.1. The van der Waals surface area contributed by atoms with Gasteiger partial charge in [-0.3, -0.25) is 4.98 Å². The minimum atomic E-state index is 0.752. The quantitative estimate of drug-likeness (QED) is 0.615. The normalized spacial score (nSPS) is 13.6. The average Bonchev–Trinajstić information content (AvgIpc) is 2.57. The highest BCUT2D eigenvalue weighted by Crippen LogP contribution is 2.39. The van der Waals surface area contributed by atoms with E-state index >= 15 is 0 Å². The van der Waals surface area contributed by atoms with E-state index in [1.807, 2.05) is 18.3 Å². The van der Waals surface area contributed by atoms with Crippen LogP contribution >= 0.6 is 22.9 Å². The Balaban J connectivity index is 2.48. The number of fused-ring (bicyclic) bond motifs is 3. The summed E-state index contributed by atoms with van der Waals surface area (Å²) in [6.45, 7) is 0. The smallest absolute Gasteiger partial charge is 0.164 e. The Morgan fingerprint density at radius 2 is 2.36 bits per heavy atom. The summed E-state index contributed by atoms with van der Waals surface area (Å²) in [5.41, 5.74) is 1.10. The van der Waals surface area contributed by atoms with E-state index in [0.717, 1.165) is 16.0 Å². The lowest BCUT2D eigenvalue weighted by Gasteiger charge is -1.92. The molecule has 14 heavy (non-hydrogen) atoms. The Bertz CT molecular complexity index is 566. The molecule has 1 aliphatic rings. The zero-order valence-corrected chi connectivity index (χ0v) is 8.69. The topological polar surface area (TPSA) is 12.9 Å². The fourth-order valence-electron chi connectivity index (χ4n) is 1.57. The third-order valence-electron chi connectivity index (χ3n) is 2.18. The van der Waals surface area contributed by atoms with Gasteiger partial charge in [-0.2, -0.15) is 0 Å². The number of allylic oxidation sites excluding steroid dienone is 2. The molecule has 0 spiro atoms. The van der Waals surface area contributed by atoms with Crippen molar-refractivity contribution in [2.75, 3.05) is 0 Å². The molecule has 0 radical (unpaired) electrons. The van der Waals surface area contributed by atoms with Crippen molar-refractivity contribution in [2.24, 2.45) is 0 Å². The number of hydrogen-bond donors (Lipinski definition) is 0. The molecule has 1 nitrogen and oxygen atoms in total. The Hall–Kier alpha value is -1.21. The summed E-state index contributed by atoms with van der Waals surface area (Å²) < 4.78 is 1.22. The second kappa shape index (κ2) is 2.89. The molecule has 0 N–H and O–H groups in total. The average molecular weight is 219 g/mol. The molecule has 0 aromatic carbocycles. The number of aromatic nitrogens is 1. The number of pyridine rings is 1. The van der Waals surface area contributed by atoms with E-state index < -0.39 is 0 Å². The van der Waals surface area contributed by atoms with Crippen LogP contribution in [0.15, 0.2) is 24.5 Å². The molecule has 66 valence electrons. The fourth-order valence-corrected chi connectivity index (χ4v) is 2.97. The predicted octanol–water partition coefficient (Wildman–Crippen LogP) is 3.71. The van der Waals surface area contributed by atoms with Crippen molar-refractivity contribution in [3.63, 3.8) is 0 Å². The maximum Gasteiger partial charge on any atom is 0.164 e. The zero-order valence-electron chi connectivity index (χ0n) is 7.12. The van der Waals surface area contributed by atoms with Crippen molar-refractivity contribution in [1.29, 1.82) is 0 Å². The van der Waals surface area contributed by atoms with Gasteiger partial charge in [0.25, 0.3) is 0 Å². The van der Waals surface area contributed by atoms with E-state index in [9.17, 15) is 0 Å². The van der Waals surface area contributed by atoms with Crippen LogP contribution in [0.25, 0.3) is 21.2 Å². The lowest BCUT2D eigenvalue weighted by Crippen LogP contribution is -1.82. The molecule has 3 heteroatoms. The largest absolute Gasteiger partial charge is 0.264 e. The van der Waals surface area contributed by atoms with E-state index in [4.69, 9.17) is 11.6 Å². The number of nitrogens with zero attached hydrogens (tertiary/aromatic N) is 1. The van der Waals surface area contributed by atoms with Crippen molar-refractivity contribution < 1.29 is 0 Å². The summed E-state index contributed by atoms with van der Waals surface area (Å²) in [6, 6.07) is 2.01. The standard InChI is InChI=1S/C11H5ClNS/c12-8-2-1-3-10-11(8)7-6-13-5-4-9(7)14-10/h2-6H/q+1. The van der Waals surface area contributed by atoms with Gasteiger partial charge >= 0.3 is 0 Å². The highest BCUT2D eigenvalue weighted by molar-refractivity contribution is 7.20. The van der Waals surface area contributed by atoms with Crippen LogP contribution in [-0.2, 0) is 0 Å². The highest BCUT2D eigenvalue weighted by atomic mass is 35.5. The highest BCUT2D eigenvalue weighted by Gasteiger charge is 2.23. The second-order valence-electron chi connectivity index (χ2n) is 3.02. The monoisotopic (exact) mass is 218 g/mol. The molecule has 0 amide bonds. The number of thiophene rings is 1. The summed E-state index contributed by atoms with van der Waals surface area (Å²) in [5.74, 6) is 0. The van der Waals surface area contributed by atoms with Crippen LogP contribution in [0, 0.1) is 6.08 Å². The van der Waals surface area contributed by atoms with Crippen molar-refractivity contribution in [3.8, 4) is 0 Å². The van der Waals surface area contributed by atoms with E-state index in [0.29, 0.717) is 0 Å². The van der Waals surface area contributed by atoms with Crippen LogP contribution in [-0.4, -0.2) is 4.98 Å². The van der Waals surface area contributed by atoms with Crippen LogP contribution in [0.2, 0.25) is 0 Å². The first-order valence-electron chi connectivity index (χ1n) is 4.18. The van der Waals surface area contributed by atoms with Gasteiger partial charge in [-0.25, -0.2) is 0 Å². The molecule has 0 fully saturated rings. The third-order valence-corrected chi connectivity index (χ3v) is 3.60. The molecule has 3 rings (SSSR count). The van der Waals surface area contributed by atoms with Gasteiger partial charge < -0.3 is 0 Å². The number of rotatable bonds is 0. The predicted molar refractivity (Wildman–Crippen MR) is 61.2 cm³/mol. The van der Waals surface area contributed by atoms with Crippen LogP contribution < -0.4 is 0 Å². The zero-order chi connectivity index (χ0) is 9.54. The molecule has 0 aliphatic heterocycles. The van der Waals surface area contributed by atoms with Crippen molar-refractivity contribution in [2.45, 2.75) is 0 Å². The molecule has 0 unspecified atom stereocenters. The molecular weight excluding hydrogens is 214 g/mol. The van der Waals surface area contributed by atoms with Crippen molar-refractivity contribution in [3.05, 3.63) is 41.1 Å². The Kier molecular flexibility index (Phi) is 1.68. The summed E-state index contributed by atoms with van der Waals surface area (Å²) in [4.78, 5) is 5.28. The van der Waals surface area contributed by atoms with Crippen LogP contribution in [0.5, 0.6) is 0 Å². The summed E-state index contributed by atoms with van der Waals surface area (Å²) in [6.07, 6.45) is 10.4. The summed E-state index contributed by atoms with van der Waals surface area (Å²) in [7, 11) is 0. The number of halogens is 1. The van der Waals surface area contributed by atoms with E-state index in [1.54, 1.807) is 23.6 Å². The second-order valence-corrected chi connectivity index (χ2v) is 4.51. The molecule has 0 saturated heterocycles. The minimum absolute atomic E-state index is 0.752. The van der Waals surface area contributed by atoms with Gasteiger partial charge in [0.2, 0.25) is 0 Å². The van der Waals surface area contributed by atoms with Crippen LogP contribution in [0.4, 0.5) is 0 Å². The maximum absolute atomic E-state index is 6.13. The van der Waals surface area contributed by atoms with Gasteiger partial charge in [-0.05, 0) is 6.07 Å². The minimum Gasteiger partial charge on any atom is -0.264 e. The fraction of sp³-hybridized carbons (Fsp3) is 0. The molecule has 2 aromatic heterocycles. The van der Waals surface area contributed by atoms with Gasteiger partial charge in [-0.15, -0.1) is 0 Å². The first-order chi connectivity index (χ1) is 6.86. The molecule has 1 aliphatic carbocycles. The van der Waals surface area contributed by atoms with Gasteiger partial charge in [0.1, 0.15) is 22.6 Å². The Morgan fingerprint density at radius 3 is 3.29 bits per heavy atom. The maximum atomic E-state index is 6.13. The van der Waals surface area contributed by atoms with Gasteiger partial charge in [0, 0.05) is 35.5 Å². The first kappa shape index (κ1) is 8.13. The number of hydrogen-bond acceptors (Lipinski definition) is 2. The molecule has 2 heterocycles. The molecule has 0 saturated carbocycles. The molecular formula is C11H5ClNS+. The molecule has 0 atom stereocenters. The van der Waals surface area contributed by atoms with Crippen molar-refractivity contribution in [1.82, 2.24) is 4.98 Å². The van der Waals surface area contributed by atoms with Gasteiger partial charge in [0.05, 0.1) is 4.70 Å². The summed E-state index contributed by atoms with van der Waals surface area (Å²) >= 11 is 7.85.